The highest BCUT2D eigenvalue weighted by Gasteiger charge is 2.04. The minimum Gasteiger partial charge on any atom is -0.469 e. The van der Waals surface area contributed by atoms with Crippen molar-refractivity contribution in [2.75, 3.05) is 25.6 Å². The lowest BCUT2D eigenvalue weighted by molar-refractivity contribution is -0.140. The molecule has 0 saturated carbocycles. The summed E-state index contributed by atoms with van der Waals surface area (Å²) in [6.45, 7) is 4.46. The Morgan fingerprint density at radius 1 is 1.33 bits per heavy atom. The average molecular weight is 190 g/mol. The van der Waals surface area contributed by atoms with E-state index in [0.29, 0.717) is 6.42 Å². The van der Waals surface area contributed by atoms with Crippen molar-refractivity contribution >= 4 is 13.9 Å². The van der Waals surface area contributed by atoms with E-state index in [1.54, 1.807) is 0 Å². The van der Waals surface area contributed by atoms with E-state index in [2.05, 4.69) is 18.6 Å². The molecule has 0 saturated heterocycles. The van der Waals surface area contributed by atoms with Crippen LogP contribution >= 0.6 is 7.92 Å². The van der Waals surface area contributed by atoms with Gasteiger partial charge in [-0.25, -0.2) is 0 Å². The van der Waals surface area contributed by atoms with Gasteiger partial charge in [0.05, 0.1) is 7.11 Å². The minimum atomic E-state index is -0.0721. The molecule has 0 aliphatic carbocycles. The van der Waals surface area contributed by atoms with E-state index in [-0.39, 0.29) is 13.9 Å². The average Bonchev–Trinajstić information content (AvgIpc) is 2.12. The lowest BCUT2D eigenvalue weighted by Crippen LogP contribution is -2.01. The van der Waals surface area contributed by atoms with E-state index in [4.69, 9.17) is 0 Å². The van der Waals surface area contributed by atoms with Gasteiger partial charge in [0.15, 0.2) is 0 Å². The zero-order valence-electron chi connectivity index (χ0n) is 8.30. The zero-order valence-corrected chi connectivity index (χ0v) is 9.19. The number of ether oxygens (including phenoxy) is 1. The van der Waals surface area contributed by atoms with Gasteiger partial charge in [-0.3, -0.25) is 4.79 Å². The lowest BCUT2D eigenvalue weighted by atomic mass is 10.3. The van der Waals surface area contributed by atoms with Crippen LogP contribution in [0.25, 0.3) is 0 Å². The normalized spacial score (nSPS) is 10.3. The molecule has 0 spiro atoms. The van der Waals surface area contributed by atoms with Gasteiger partial charge in [-0.15, -0.1) is 7.92 Å². The molecule has 0 unspecified atom stereocenters. The molecule has 0 atom stereocenters. The number of carbonyl (C=O) groups is 1. The monoisotopic (exact) mass is 190 g/mol. The van der Waals surface area contributed by atoms with E-state index < -0.39 is 0 Å². The molecular weight excluding hydrogens is 171 g/mol. The summed E-state index contributed by atoms with van der Waals surface area (Å²) >= 11 is 0. The fraction of sp³-hybridized carbons (Fsp3) is 0.889. The Morgan fingerprint density at radius 2 is 1.92 bits per heavy atom. The van der Waals surface area contributed by atoms with Crippen molar-refractivity contribution in [3.05, 3.63) is 0 Å². The highest BCUT2D eigenvalue weighted by Crippen LogP contribution is 2.34. The summed E-state index contributed by atoms with van der Waals surface area (Å²) in [6.07, 6.45) is 5.38. The SMILES string of the molecule is CCP(CC)CCCC(=O)OC. The quantitative estimate of drug-likeness (QED) is 0.475. The van der Waals surface area contributed by atoms with Crippen LogP contribution in [-0.2, 0) is 9.53 Å². The van der Waals surface area contributed by atoms with Gasteiger partial charge in [-0.2, -0.15) is 0 Å². The largest absolute Gasteiger partial charge is 0.469 e. The Balaban J connectivity index is 3.34. The van der Waals surface area contributed by atoms with Gasteiger partial charge in [-0.05, 0) is 24.9 Å². The van der Waals surface area contributed by atoms with Crippen molar-refractivity contribution < 1.29 is 9.53 Å². The summed E-state index contributed by atoms with van der Waals surface area (Å²) in [5.41, 5.74) is 0. The molecule has 0 aliphatic heterocycles. The Kier molecular flexibility index (Phi) is 7.48. The molecule has 2 nitrogen and oxygen atoms in total. The van der Waals surface area contributed by atoms with Gasteiger partial charge in [0.25, 0.3) is 0 Å². The number of methoxy groups -OCH3 is 1. The first-order valence-electron chi connectivity index (χ1n) is 4.53. The molecule has 0 aliphatic rings. The van der Waals surface area contributed by atoms with Crippen molar-refractivity contribution in [2.45, 2.75) is 26.7 Å². The van der Waals surface area contributed by atoms with Crippen LogP contribution in [0.15, 0.2) is 0 Å². The zero-order chi connectivity index (χ0) is 9.40. The maximum atomic E-state index is 10.8. The fourth-order valence-corrected chi connectivity index (χ4v) is 2.77. The van der Waals surface area contributed by atoms with E-state index >= 15 is 0 Å². The highest BCUT2D eigenvalue weighted by molar-refractivity contribution is 7.57. The second-order valence-electron chi connectivity index (χ2n) is 2.71. The lowest BCUT2D eigenvalue weighted by Gasteiger charge is -2.11. The van der Waals surface area contributed by atoms with Gasteiger partial charge < -0.3 is 4.74 Å². The van der Waals surface area contributed by atoms with Crippen molar-refractivity contribution in [1.29, 1.82) is 0 Å². The Hall–Kier alpha value is -0.100. The van der Waals surface area contributed by atoms with Crippen LogP contribution in [0.3, 0.4) is 0 Å². The summed E-state index contributed by atoms with van der Waals surface area (Å²) in [4.78, 5) is 10.8. The molecule has 0 aromatic heterocycles. The van der Waals surface area contributed by atoms with Gasteiger partial charge in [0, 0.05) is 6.42 Å². The predicted octanol–water partition coefficient (Wildman–Crippen LogP) is 2.46. The second kappa shape index (κ2) is 7.54. The van der Waals surface area contributed by atoms with Gasteiger partial charge in [0.2, 0.25) is 0 Å². The maximum Gasteiger partial charge on any atom is 0.305 e. The molecule has 0 N–H and O–H groups in total. The highest BCUT2D eigenvalue weighted by atomic mass is 31.1. The molecule has 12 heavy (non-hydrogen) atoms. The Labute approximate surface area is 76.4 Å². The van der Waals surface area contributed by atoms with Crippen molar-refractivity contribution in [1.82, 2.24) is 0 Å². The first-order valence-corrected chi connectivity index (χ1v) is 6.43. The summed E-state index contributed by atoms with van der Waals surface area (Å²) in [6, 6.07) is 0. The molecular formula is C9H19O2P. The van der Waals surface area contributed by atoms with Gasteiger partial charge in [0.1, 0.15) is 0 Å². The summed E-state index contributed by atoms with van der Waals surface area (Å²) in [7, 11) is 1.65. The van der Waals surface area contributed by atoms with Crippen LogP contribution in [0.4, 0.5) is 0 Å². The number of hydrogen-bond donors (Lipinski definition) is 0. The minimum absolute atomic E-state index is 0.0721. The van der Waals surface area contributed by atoms with E-state index in [1.807, 2.05) is 0 Å². The third-order valence-electron chi connectivity index (χ3n) is 1.98. The third-order valence-corrected chi connectivity index (χ3v) is 4.71. The summed E-state index contributed by atoms with van der Waals surface area (Å²) < 4.78 is 4.57. The molecule has 0 radical (unpaired) electrons. The van der Waals surface area contributed by atoms with Gasteiger partial charge in [-0.1, -0.05) is 13.8 Å². The predicted molar refractivity (Wildman–Crippen MR) is 54.1 cm³/mol. The third kappa shape index (κ3) is 5.54. The molecule has 3 heteroatoms. The van der Waals surface area contributed by atoms with E-state index in [1.165, 1.54) is 25.6 Å². The van der Waals surface area contributed by atoms with Crippen LogP contribution < -0.4 is 0 Å². The van der Waals surface area contributed by atoms with Gasteiger partial charge >= 0.3 is 5.97 Å². The molecule has 0 heterocycles. The molecule has 72 valence electrons. The van der Waals surface area contributed by atoms with Crippen molar-refractivity contribution in [3.8, 4) is 0 Å². The van der Waals surface area contributed by atoms with E-state index in [9.17, 15) is 4.79 Å². The molecule has 0 rings (SSSR count). The van der Waals surface area contributed by atoms with Crippen LogP contribution in [0.5, 0.6) is 0 Å². The van der Waals surface area contributed by atoms with Crippen LogP contribution in [0.1, 0.15) is 26.7 Å². The maximum absolute atomic E-state index is 10.8. The molecule has 0 amide bonds. The van der Waals surface area contributed by atoms with Crippen molar-refractivity contribution in [3.63, 3.8) is 0 Å². The van der Waals surface area contributed by atoms with Crippen LogP contribution in [0, 0.1) is 0 Å². The molecule has 0 fully saturated rings. The number of rotatable bonds is 6. The smallest absolute Gasteiger partial charge is 0.305 e. The second-order valence-corrected chi connectivity index (χ2v) is 5.76. The number of hydrogen-bond acceptors (Lipinski definition) is 2. The summed E-state index contributed by atoms with van der Waals surface area (Å²) in [5.74, 6) is -0.0721. The van der Waals surface area contributed by atoms with E-state index in [0.717, 1.165) is 6.42 Å². The Bertz CT molecular complexity index is 122. The standard InChI is InChI=1S/C9H19O2P/c1-4-12(5-2)8-6-7-9(10)11-3/h4-8H2,1-3H3. The summed E-state index contributed by atoms with van der Waals surface area (Å²) in [5, 5.41) is 0. The van der Waals surface area contributed by atoms with Crippen LogP contribution in [-0.4, -0.2) is 31.6 Å². The molecule has 0 aromatic carbocycles. The molecule has 0 bridgehead atoms. The van der Waals surface area contributed by atoms with Crippen LogP contribution in [0.2, 0.25) is 0 Å². The number of carbonyl (C=O) groups excluding carboxylic acids is 1. The number of esters is 1. The first kappa shape index (κ1) is 11.9. The topological polar surface area (TPSA) is 26.3 Å². The Morgan fingerprint density at radius 3 is 2.33 bits per heavy atom. The fourth-order valence-electron chi connectivity index (χ4n) is 1.09. The molecule has 0 aromatic rings. The first-order chi connectivity index (χ1) is 5.74. The van der Waals surface area contributed by atoms with Crippen molar-refractivity contribution in [2.24, 2.45) is 0 Å².